The van der Waals surface area contributed by atoms with Crippen molar-refractivity contribution in [3.05, 3.63) is 71.8 Å². The SMILES string of the molecule is O=C(NCc1ccccc1)OC[C@@H]1C[C@H](c2ccccc2)CCN1. The maximum Gasteiger partial charge on any atom is 0.407 e. The van der Waals surface area contributed by atoms with Crippen LogP contribution in [0.5, 0.6) is 0 Å². The molecule has 2 aromatic rings. The van der Waals surface area contributed by atoms with Crippen molar-refractivity contribution in [1.29, 1.82) is 0 Å². The largest absolute Gasteiger partial charge is 0.448 e. The molecule has 0 aliphatic carbocycles. The Bertz CT molecular complexity index is 631. The first-order valence-corrected chi connectivity index (χ1v) is 8.54. The molecular weight excluding hydrogens is 300 g/mol. The third-order valence-corrected chi connectivity index (χ3v) is 4.46. The minimum atomic E-state index is -0.359. The van der Waals surface area contributed by atoms with Gasteiger partial charge in [0.25, 0.3) is 0 Å². The van der Waals surface area contributed by atoms with E-state index in [2.05, 4.69) is 34.9 Å². The average molecular weight is 324 g/mol. The summed E-state index contributed by atoms with van der Waals surface area (Å²) in [7, 11) is 0. The standard InChI is InChI=1S/C20H24N2O2/c23-20(22-14-16-7-3-1-4-8-16)24-15-19-13-18(11-12-21-19)17-9-5-2-6-10-17/h1-10,18-19,21H,11-15H2,(H,22,23)/t18-,19+/m1/s1. The van der Waals surface area contributed by atoms with Gasteiger partial charge in [0.05, 0.1) is 0 Å². The molecule has 2 N–H and O–H groups in total. The Hall–Kier alpha value is -2.33. The van der Waals surface area contributed by atoms with Gasteiger partial charge in [0.15, 0.2) is 0 Å². The summed E-state index contributed by atoms with van der Waals surface area (Å²) >= 11 is 0. The smallest absolute Gasteiger partial charge is 0.407 e. The summed E-state index contributed by atoms with van der Waals surface area (Å²) in [5.41, 5.74) is 2.44. The first-order chi connectivity index (χ1) is 11.8. The number of piperidine rings is 1. The molecule has 0 radical (unpaired) electrons. The Morgan fingerprint density at radius 3 is 2.54 bits per heavy atom. The fourth-order valence-corrected chi connectivity index (χ4v) is 3.16. The fourth-order valence-electron chi connectivity index (χ4n) is 3.16. The van der Waals surface area contributed by atoms with E-state index in [9.17, 15) is 4.79 Å². The van der Waals surface area contributed by atoms with E-state index >= 15 is 0 Å². The normalized spacial score (nSPS) is 20.3. The van der Waals surface area contributed by atoms with Crippen molar-refractivity contribution in [1.82, 2.24) is 10.6 Å². The van der Waals surface area contributed by atoms with Crippen molar-refractivity contribution in [2.75, 3.05) is 13.2 Å². The van der Waals surface area contributed by atoms with Crippen LogP contribution in [-0.2, 0) is 11.3 Å². The number of hydrogen-bond acceptors (Lipinski definition) is 3. The van der Waals surface area contributed by atoms with Gasteiger partial charge in [-0.3, -0.25) is 0 Å². The summed E-state index contributed by atoms with van der Waals surface area (Å²) in [4.78, 5) is 11.8. The highest BCUT2D eigenvalue weighted by atomic mass is 16.5. The zero-order valence-electron chi connectivity index (χ0n) is 13.8. The summed E-state index contributed by atoms with van der Waals surface area (Å²) in [6.45, 7) is 1.85. The molecule has 126 valence electrons. The molecule has 0 bridgehead atoms. The molecule has 4 nitrogen and oxygen atoms in total. The maximum atomic E-state index is 11.8. The summed E-state index contributed by atoms with van der Waals surface area (Å²) in [5, 5.41) is 6.24. The molecule has 1 heterocycles. The number of nitrogens with one attached hydrogen (secondary N) is 2. The average Bonchev–Trinajstić information content (AvgIpc) is 2.66. The molecule has 1 amide bonds. The fraction of sp³-hybridized carbons (Fsp3) is 0.350. The Morgan fingerprint density at radius 1 is 1.08 bits per heavy atom. The van der Waals surface area contributed by atoms with Gasteiger partial charge >= 0.3 is 6.09 Å². The molecule has 0 aromatic heterocycles. The van der Waals surface area contributed by atoms with Crippen LogP contribution in [0.2, 0.25) is 0 Å². The third kappa shape index (κ3) is 4.83. The van der Waals surface area contributed by atoms with Crippen LogP contribution in [0, 0.1) is 0 Å². The zero-order chi connectivity index (χ0) is 16.6. The predicted octanol–water partition coefficient (Wildman–Crippen LogP) is 3.45. The van der Waals surface area contributed by atoms with E-state index in [4.69, 9.17) is 4.74 Å². The van der Waals surface area contributed by atoms with Crippen molar-refractivity contribution in [3.63, 3.8) is 0 Å². The van der Waals surface area contributed by atoms with Crippen molar-refractivity contribution < 1.29 is 9.53 Å². The third-order valence-electron chi connectivity index (χ3n) is 4.46. The van der Waals surface area contributed by atoms with Gasteiger partial charge in [0.1, 0.15) is 6.61 Å². The Labute approximate surface area is 143 Å². The monoisotopic (exact) mass is 324 g/mol. The Kier molecular flexibility index (Phi) is 5.85. The molecular formula is C20H24N2O2. The number of hydrogen-bond donors (Lipinski definition) is 2. The quantitative estimate of drug-likeness (QED) is 0.886. The molecule has 1 saturated heterocycles. The number of alkyl carbamates (subject to hydrolysis) is 1. The second kappa shape index (κ2) is 8.50. The van der Waals surface area contributed by atoms with Gasteiger partial charge in [0, 0.05) is 12.6 Å². The number of carbonyl (C=O) groups is 1. The van der Waals surface area contributed by atoms with Gasteiger partial charge in [-0.2, -0.15) is 0 Å². The summed E-state index contributed by atoms with van der Waals surface area (Å²) < 4.78 is 5.37. The van der Waals surface area contributed by atoms with Crippen LogP contribution in [0.25, 0.3) is 0 Å². The lowest BCUT2D eigenvalue weighted by Crippen LogP contribution is -2.41. The first-order valence-electron chi connectivity index (χ1n) is 8.54. The molecule has 1 fully saturated rings. The van der Waals surface area contributed by atoms with Gasteiger partial charge in [0.2, 0.25) is 0 Å². The second-order valence-electron chi connectivity index (χ2n) is 6.22. The van der Waals surface area contributed by atoms with E-state index in [1.807, 2.05) is 36.4 Å². The lowest BCUT2D eigenvalue weighted by atomic mass is 9.87. The van der Waals surface area contributed by atoms with E-state index in [0.717, 1.165) is 24.9 Å². The first kappa shape index (κ1) is 16.5. The summed E-state index contributed by atoms with van der Waals surface area (Å²) in [5.74, 6) is 0.536. The number of ether oxygens (including phenoxy) is 1. The highest BCUT2D eigenvalue weighted by molar-refractivity contribution is 5.67. The van der Waals surface area contributed by atoms with Crippen molar-refractivity contribution in [2.24, 2.45) is 0 Å². The van der Waals surface area contributed by atoms with Crippen molar-refractivity contribution in [2.45, 2.75) is 31.3 Å². The van der Waals surface area contributed by atoms with Gasteiger partial charge in [-0.15, -0.1) is 0 Å². The van der Waals surface area contributed by atoms with E-state index in [1.54, 1.807) is 0 Å². The van der Waals surface area contributed by atoms with Crippen LogP contribution in [0.3, 0.4) is 0 Å². The minimum Gasteiger partial charge on any atom is -0.448 e. The van der Waals surface area contributed by atoms with E-state index in [1.165, 1.54) is 5.56 Å². The number of rotatable bonds is 5. The molecule has 2 aromatic carbocycles. The van der Waals surface area contributed by atoms with Gasteiger partial charge < -0.3 is 15.4 Å². The van der Waals surface area contributed by atoms with Crippen molar-refractivity contribution >= 4 is 6.09 Å². The summed E-state index contributed by atoms with van der Waals surface area (Å²) in [6, 6.07) is 20.6. The molecule has 0 spiro atoms. The maximum absolute atomic E-state index is 11.8. The topological polar surface area (TPSA) is 50.4 Å². The van der Waals surface area contributed by atoms with Crippen LogP contribution in [0.15, 0.2) is 60.7 Å². The van der Waals surface area contributed by atoms with E-state index < -0.39 is 0 Å². The van der Waals surface area contributed by atoms with Crippen LogP contribution in [0.4, 0.5) is 4.79 Å². The molecule has 4 heteroatoms. The predicted molar refractivity (Wildman–Crippen MR) is 94.8 cm³/mol. The minimum absolute atomic E-state index is 0.214. The molecule has 24 heavy (non-hydrogen) atoms. The number of carbonyl (C=O) groups excluding carboxylic acids is 1. The van der Waals surface area contributed by atoms with Crippen LogP contribution in [-0.4, -0.2) is 25.3 Å². The highest BCUT2D eigenvalue weighted by Crippen LogP contribution is 2.27. The van der Waals surface area contributed by atoms with Crippen LogP contribution >= 0.6 is 0 Å². The lowest BCUT2D eigenvalue weighted by molar-refractivity contribution is 0.125. The Morgan fingerprint density at radius 2 is 1.79 bits per heavy atom. The summed E-state index contributed by atoms with van der Waals surface area (Å²) in [6.07, 6.45) is 1.76. The molecule has 3 rings (SSSR count). The zero-order valence-corrected chi connectivity index (χ0v) is 13.8. The second-order valence-corrected chi connectivity index (χ2v) is 6.22. The van der Waals surface area contributed by atoms with Crippen LogP contribution < -0.4 is 10.6 Å². The van der Waals surface area contributed by atoms with E-state index in [-0.39, 0.29) is 12.1 Å². The number of amides is 1. The molecule has 2 atom stereocenters. The van der Waals surface area contributed by atoms with Crippen molar-refractivity contribution in [3.8, 4) is 0 Å². The molecule has 1 aliphatic heterocycles. The Balaban J connectivity index is 1.42. The van der Waals surface area contributed by atoms with Gasteiger partial charge in [-0.25, -0.2) is 4.79 Å². The lowest BCUT2D eigenvalue weighted by Gasteiger charge is -2.30. The molecule has 0 unspecified atom stereocenters. The number of benzene rings is 2. The van der Waals surface area contributed by atoms with Gasteiger partial charge in [-0.1, -0.05) is 60.7 Å². The highest BCUT2D eigenvalue weighted by Gasteiger charge is 2.23. The molecule has 0 saturated carbocycles. The van der Waals surface area contributed by atoms with E-state index in [0.29, 0.717) is 19.1 Å². The van der Waals surface area contributed by atoms with Crippen LogP contribution in [0.1, 0.15) is 29.9 Å². The van der Waals surface area contributed by atoms with Gasteiger partial charge in [-0.05, 0) is 36.4 Å². The molecule has 1 aliphatic rings.